The fourth-order valence-electron chi connectivity index (χ4n) is 2.21. The average molecular weight is 312 g/mol. The number of aromatic hydroxyl groups is 1. The highest BCUT2D eigenvalue weighted by Gasteiger charge is 2.06. The quantitative estimate of drug-likeness (QED) is 0.595. The molecule has 118 valence electrons. The minimum Gasteiger partial charge on any atom is -0.504 e. The van der Waals surface area contributed by atoms with Gasteiger partial charge in [0.15, 0.2) is 11.5 Å². The highest BCUT2D eigenvalue weighted by atomic mass is 16.5. The Morgan fingerprint density at radius 1 is 1.30 bits per heavy atom. The Kier molecular flexibility index (Phi) is 4.01. The number of amides is 2. The van der Waals surface area contributed by atoms with E-state index in [0.717, 1.165) is 16.5 Å². The van der Waals surface area contributed by atoms with Crippen molar-refractivity contribution in [2.24, 2.45) is 0 Å². The van der Waals surface area contributed by atoms with Crippen molar-refractivity contribution in [3.05, 3.63) is 48.2 Å². The number of nitrogens with one attached hydrogen (secondary N) is 3. The Balaban J connectivity index is 1.60. The summed E-state index contributed by atoms with van der Waals surface area (Å²) in [5.74, 6) is 0.434. The van der Waals surface area contributed by atoms with Crippen LogP contribution in [-0.2, 0) is 6.54 Å². The third-order valence-corrected chi connectivity index (χ3v) is 3.40. The van der Waals surface area contributed by atoms with Crippen molar-refractivity contribution in [3.63, 3.8) is 0 Å². The van der Waals surface area contributed by atoms with Crippen LogP contribution in [0.25, 0.3) is 10.9 Å². The van der Waals surface area contributed by atoms with Crippen LogP contribution in [0.3, 0.4) is 0 Å². The summed E-state index contributed by atoms with van der Waals surface area (Å²) in [7, 11) is 1.48. The standard InChI is InChI=1S/C16H16N4O3/c1-23-15-6-10(2-5-14(15)21)8-17-16(22)19-12-3-4-13-11(7-12)9-18-20-13/h2-7,9,21H,8H2,1H3,(H,18,20)(H2,17,19,22). The Morgan fingerprint density at radius 2 is 2.17 bits per heavy atom. The molecule has 7 heteroatoms. The molecular formula is C16H16N4O3. The highest BCUT2D eigenvalue weighted by molar-refractivity contribution is 5.92. The molecule has 0 saturated carbocycles. The van der Waals surface area contributed by atoms with Crippen molar-refractivity contribution >= 4 is 22.6 Å². The summed E-state index contributed by atoms with van der Waals surface area (Å²) >= 11 is 0. The molecule has 0 saturated heterocycles. The number of hydrogen-bond acceptors (Lipinski definition) is 4. The fourth-order valence-corrected chi connectivity index (χ4v) is 2.21. The van der Waals surface area contributed by atoms with Gasteiger partial charge in [0.2, 0.25) is 0 Å². The Bertz CT molecular complexity index is 844. The number of nitrogens with zero attached hydrogens (tertiary/aromatic N) is 1. The first-order valence-electron chi connectivity index (χ1n) is 6.99. The fraction of sp³-hybridized carbons (Fsp3) is 0.125. The van der Waals surface area contributed by atoms with Crippen LogP contribution in [0, 0.1) is 0 Å². The number of aromatic amines is 1. The number of carbonyl (C=O) groups excluding carboxylic acids is 1. The zero-order valence-electron chi connectivity index (χ0n) is 12.5. The Morgan fingerprint density at radius 3 is 3.00 bits per heavy atom. The summed E-state index contributed by atoms with van der Waals surface area (Å²) in [6, 6.07) is 10.1. The number of benzene rings is 2. The van der Waals surface area contributed by atoms with E-state index < -0.39 is 0 Å². The number of H-pyrrole nitrogens is 1. The molecule has 0 fully saturated rings. The van der Waals surface area contributed by atoms with E-state index in [0.29, 0.717) is 18.0 Å². The van der Waals surface area contributed by atoms with E-state index in [2.05, 4.69) is 20.8 Å². The van der Waals surface area contributed by atoms with Gasteiger partial charge in [-0.3, -0.25) is 5.10 Å². The molecule has 0 aliphatic heterocycles. The molecule has 3 aromatic rings. The number of methoxy groups -OCH3 is 1. The van der Waals surface area contributed by atoms with Gasteiger partial charge >= 0.3 is 6.03 Å². The zero-order chi connectivity index (χ0) is 16.2. The highest BCUT2D eigenvalue weighted by Crippen LogP contribution is 2.26. The second-order valence-corrected chi connectivity index (χ2v) is 4.99. The van der Waals surface area contributed by atoms with Gasteiger partial charge < -0.3 is 20.5 Å². The summed E-state index contributed by atoms with van der Waals surface area (Å²) in [5, 5.41) is 22.8. The van der Waals surface area contributed by atoms with Crippen LogP contribution in [0.15, 0.2) is 42.6 Å². The van der Waals surface area contributed by atoms with Gasteiger partial charge in [0.25, 0.3) is 0 Å². The monoisotopic (exact) mass is 312 g/mol. The van der Waals surface area contributed by atoms with Crippen LogP contribution in [0.1, 0.15) is 5.56 Å². The lowest BCUT2D eigenvalue weighted by Crippen LogP contribution is -2.28. The molecule has 2 aromatic carbocycles. The van der Waals surface area contributed by atoms with E-state index in [-0.39, 0.29) is 11.8 Å². The normalized spacial score (nSPS) is 10.5. The number of urea groups is 1. The summed E-state index contributed by atoms with van der Waals surface area (Å²) in [6.07, 6.45) is 1.70. The van der Waals surface area contributed by atoms with E-state index in [1.54, 1.807) is 24.4 Å². The maximum atomic E-state index is 12.0. The number of aromatic nitrogens is 2. The molecule has 2 amide bonds. The summed E-state index contributed by atoms with van der Waals surface area (Å²) in [6.45, 7) is 0.316. The molecule has 0 unspecified atom stereocenters. The van der Waals surface area contributed by atoms with Crippen LogP contribution in [0.5, 0.6) is 11.5 Å². The number of phenolic OH excluding ortho intramolecular Hbond substituents is 1. The van der Waals surface area contributed by atoms with E-state index in [4.69, 9.17) is 4.74 Å². The Hall–Kier alpha value is -3.22. The first-order chi connectivity index (χ1) is 11.2. The lowest BCUT2D eigenvalue weighted by atomic mass is 10.2. The number of phenols is 1. The lowest BCUT2D eigenvalue weighted by molar-refractivity contribution is 0.251. The first kappa shape index (κ1) is 14.7. The van der Waals surface area contributed by atoms with E-state index in [9.17, 15) is 9.90 Å². The number of hydrogen-bond donors (Lipinski definition) is 4. The van der Waals surface area contributed by atoms with Crippen LogP contribution >= 0.6 is 0 Å². The predicted molar refractivity (Wildman–Crippen MR) is 86.6 cm³/mol. The lowest BCUT2D eigenvalue weighted by Gasteiger charge is -2.09. The SMILES string of the molecule is COc1cc(CNC(=O)Nc2ccc3[nH]ncc3c2)ccc1O. The van der Waals surface area contributed by atoms with Gasteiger partial charge in [-0.2, -0.15) is 5.10 Å². The molecule has 1 aromatic heterocycles. The molecular weight excluding hydrogens is 296 g/mol. The molecule has 0 aliphatic rings. The molecule has 0 spiro atoms. The third kappa shape index (κ3) is 3.34. The van der Waals surface area contributed by atoms with Crippen molar-refractivity contribution in [2.75, 3.05) is 12.4 Å². The van der Waals surface area contributed by atoms with E-state index >= 15 is 0 Å². The third-order valence-electron chi connectivity index (χ3n) is 3.40. The topological polar surface area (TPSA) is 99.3 Å². The van der Waals surface area contributed by atoms with Gasteiger partial charge in [0.05, 0.1) is 18.8 Å². The predicted octanol–water partition coefficient (Wildman–Crippen LogP) is 2.60. The maximum Gasteiger partial charge on any atom is 0.319 e. The van der Waals surface area contributed by atoms with Gasteiger partial charge in [0, 0.05) is 17.6 Å². The molecule has 7 nitrogen and oxygen atoms in total. The molecule has 0 aliphatic carbocycles. The minimum absolute atomic E-state index is 0.0640. The molecule has 4 N–H and O–H groups in total. The summed E-state index contributed by atoms with van der Waals surface area (Å²) < 4.78 is 5.03. The van der Waals surface area contributed by atoms with Crippen molar-refractivity contribution in [3.8, 4) is 11.5 Å². The van der Waals surface area contributed by atoms with Crippen molar-refractivity contribution in [1.82, 2.24) is 15.5 Å². The van der Waals surface area contributed by atoms with E-state index in [1.165, 1.54) is 13.2 Å². The van der Waals surface area contributed by atoms with Crippen molar-refractivity contribution in [1.29, 1.82) is 0 Å². The van der Waals surface area contributed by atoms with Gasteiger partial charge in [-0.1, -0.05) is 6.07 Å². The molecule has 3 rings (SSSR count). The number of rotatable bonds is 4. The summed E-state index contributed by atoms with van der Waals surface area (Å²) in [4.78, 5) is 12.0. The molecule has 1 heterocycles. The van der Waals surface area contributed by atoms with Crippen LogP contribution < -0.4 is 15.4 Å². The van der Waals surface area contributed by atoms with Crippen LogP contribution in [0.4, 0.5) is 10.5 Å². The number of anilines is 1. The molecule has 0 bridgehead atoms. The molecule has 0 atom stereocenters. The zero-order valence-corrected chi connectivity index (χ0v) is 12.5. The van der Waals surface area contributed by atoms with Gasteiger partial charge in [-0.25, -0.2) is 4.79 Å². The Labute approximate surface area is 132 Å². The average Bonchev–Trinajstić information content (AvgIpc) is 3.01. The van der Waals surface area contributed by atoms with Crippen LogP contribution in [-0.4, -0.2) is 28.4 Å². The minimum atomic E-state index is -0.320. The van der Waals surface area contributed by atoms with Crippen molar-refractivity contribution in [2.45, 2.75) is 6.54 Å². The van der Waals surface area contributed by atoms with Crippen molar-refractivity contribution < 1.29 is 14.6 Å². The van der Waals surface area contributed by atoms with Crippen LogP contribution in [0.2, 0.25) is 0 Å². The smallest absolute Gasteiger partial charge is 0.319 e. The maximum absolute atomic E-state index is 12.0. The van der Waals surface area contributed by atoms with Gasteiger partial charge in [0.1, 0.15) is 0 Å². The first-order valence-corrected chi connectivity index (χ1v) is 6.99. The van der Waals surface area contributed by atoms with Gasteiger partial charge in [-0.05, 0) is 35.9 Å². The van der Waals surface area contributed by atoms with Gasteiger partial charge in [-0.15, -0.1) is 0 Å². The molecule has 23 heavy (non-hydrogen) atoms. The molecule has 0 radical (unpaired) electrons. The number of fused-ring (bicyclic) bond motifs is 1. The number of ether oxygens (including phenoxy) is 1. The number of carbonyl (C=O) groups is 1. The van der Waals surface area contributed by atoms with E-state index in [1.807, 2.05) is 12.1 Å². The second-order valence-electron chi connectivity index (χ2n) is 4.99. The second kappa shape index (κ2) is 6.27. The summed E-state index contributed by atoms with van der Waals surface area (Å²) in [5.41, 5.74) is 2.41. The largest absolute Gasteiger partial charge is 0.504 e.